The van der Waals surface area contributed by atoms with Crippen molar-refractivity contribution in [3.05, 3.63) is 58.6 Å². The van der Waals surface area contributed by atoms with Crippen molar-refractivity contribution in [3.8, 4) is 11.4 Å². The normalized spacial score (nSPS) is 12.0. The van der Waals surface area contributed by atoms with Gasteiger partial charge in [-0.15, -0.1) is 10.2 Å². The van der Waals surface area contributed by atoms with Crippen molar-refractivity contribution in [2.24, 2.45) is 0 Å². The maximum absolute atomic E-state index is 12.7. The minimum absolute atomic E-state index is 0.0580. The number of nitrogens with one attached hydrogen (secondary N) is 1. The molecule has 5 nitrogen and oxygen atoms in total. The van der Waals surface area contributed by atoms with Gasteiger partial charge in [-0.05, 0) is 69.2 Å². The highest BCUT2D eigenvalue weighted by Crippen LogP contribution is 2.28. The first-order chi connectivity index (χ1) is 13.4. The molecule has 3 rings (SSSR count). The van der Waals surface area contributed by atoms with Crippen molar-refractivity contribution < 1.29 is 4.79 Å². The van der Waals surface area contributed by atoms with Gasteiger partial charge >= 0.3 is 0 Å². The first-order valence-corrected chi connectivity index (χ1v) is 10.4. The van der Waals surface area contributed by atoms with Crippen LogP contribution in [0, 0.1) is 13.8 Å². The van der Waals surface area contributed by atoms with Crippen molar-refractivity contribution in [1.29, 1.82) is 0 Å². The number of aryl methyl sites for hydroxylation is 2. The standard InChI is InChI=1S/C21H23ClN4OS/c1-5-26-19(16-8-10-17(22)11-9-16)24-25-21(26)28-15(4)20(27)23-18-12-13(2)6-7-14(18)3/h6-12,15H,5H2,1-4H3,(H,23,27)/t15-/m1/s1. The first-order valence-electron chi connectivity index (χ1n) is 9.13. The highest BCUT2D eigenvalue weighted by atomic mass is 35.5. The third-order valence-electron chi connectivity index (χ3n) is 4.44. The van der Waals surface area contributed by atoms with E-state index in [2.05, 4.69) is 15.5 Å². The van der Waals surface area contributed by atoms with E-state index in [1.165, 1.54) is 11.8 Å². The number of nitrogens with zero attached hydrogens (tertiary/aromatic N) is 3. The fraction of sp³-hybridized carbons (Fsp3) is 0.286. The lowest BCUT2D eigenvalue weighted by Crippen LogP contribution is -2.23. The Labute approximate surface area is 174 Å². The quantitative estimate of drug-likeness (QED) is 0.552. The van der Waals surface area contributed by atoms with Crippen LogP contribution in [0.3, 0.4) is 0 Å². The lowest BCUT2D eigenvalue weighted by atomic mass is 10.1. The van der Waals surface area contributed by atoms with E-state index in [4.69, 9.17) is 11.6 Å². The molecular weight excluding hydrogens is 392 g/mol. The summed E-state index contributed by atoms with van der Waals surface area (Å²) in [5.74, 6) is 0.709. The van der Waals surface area contributed by atoms with Gasteiger partial charge in [-0.3, -0.25) is 4.79 Å². The molecule has 0 aliphatic carbocycles. The molecule has 3 aromatic rings. The van der Waals surface area contributed by atoms with E-state index in [-0.39, 0.29) is 11.2 Å². The van der Waals surface area contributed by atoms with Gasteiger partial charge in [0.1, 0.15) is 0 Å². The molecule has 2 aromatic carbocycles. The second-order valence-electron chi connectivity index (χ2n) is 6.63. The van der Waals surface area contributed by atoms with Crippen LogP contribution < -0.4 is 5.32 Å². The molecule has 1 amide bonds. The van der Waals surface area contributed by atoms with Crippen molar-refractivity contribution in [2.45, 2.75) is 44.6 Å². The molecule has 0 saturated carbocycles. The number of thioether (sulfide) groups is 1. The number of carbonyl (C=O) groups is 1. The van der Waals surface area contributed by atoms with Crippen LogP contribution in [-0.2, 0) is 11.3 Å². The molecule has 1 heterocycles. The summed E-state index contributed by atoms with van der Waals surface area (Å²) in [4.78, 5) is 12.7. The molecule has 0 bridgehead atoms. The SMILES string of the molecule is CCn1c(S[C@H](C)C(=O)Nc2cc(C)ccc2C)nnc1-c1ccc(Cl)cc1. The molecule has 0 aliphatic rings. The van der Waals surface area contributed by atoms with Gasteiger partial charge in [0.2, 0.25) is 5.91 Å². The van der Waals surface area contributed by atoms with E-state index in [1.54, 1.807) is 0 Å². The number of aromatic nitrogens is 3. The van der Waals surface area contributed by atoms with Crippen LogP contribution in [0.15, 0.2) is 47.6 Å². The van der Waals surface area contributed by atoms with Gasteiger partial charge in [0, 0.05) is 22.8 Å². The highest BCUT2D eigenvalue weighted by molar-refractivity contribution is 8.00. The smallest absolute Gasteiger partial charge is 0.237 e. The molecule has 28 heavy (non-hydrogen) atoms. The highest BCUT2D eigenvalue weighted by Gasteiger charge is 2.21. The summed E-state index contributed by atoms with van der Waals surface area (Å²) in [6.45, 7) is 8.61. The Bertz CT molecular complexity index is 985. The van der Waals surface area contributed by atoms with Crippen molar-refractivity contribution in [1.82, 2.24) is 14.8 Å². The van der Waals surface area contributed by atoms with E-state index >= 15 is 0 Å². The Morgan fingerprint density at radius 1 is 1.18 bits per heavy atom. The van der Waals surface area contributed by atoms with Gasteiger partial charge in [0.15, 0.2) is 11.0 Å². The van der Waals surface area contributed by atoms with Crippen LogP contribution in [0.2, 0.25) is 5.02 Å². The van der Waals surface area contributed by atoms with Gasteiger partial charge in [-0.25, -0.2) is 0 Å². The number of benzene rings is 2. The van der Waals surface area contributed by atoms with E-state index < -0.39 is 0 Å². The maximum atomic E-state index is 12.7. The monoisotopic (exact) mass is 414 g/mol. The van der Waals surface area contributed by atoms with E-state index in [0.717, 1.165) is 33.4 Å². The van der Waals surface area contributed by atoms with Crippen LogP contribution in [0.25, 0.3) is 11.4 Å². The number of amides is 1. The minimum Gasteiger partial charge on any atom is -0.325 e. The molecule has 146 valence electrons. The molecule has 0 spiro atoms. The second-order valence-corrected chi connectivity index (χ2v) is 8.37. The molecule has 0 radical (unpaired) electrons. The number of halogens is 1. The Hall–Kier alpha value is -2.31. The summed E-state index contributed by atoms with van der Waals surface area (Å²) < 4.78 is 2.01. The third-order valence-corrected chi connectivity index (χ3v) is 5.77. The maximum Gasteiger partial charge on any atom is 0.237 e. The van der Waals surface area contributed by atoms with E-state index in [0.29, 0.717) is 11.6 Å². The number of hydrogen-bond donors (Lipinski definition) is 1. The van der Waals surface area contributed by atoms with Crippen LogP contribution >= 0.6 is 23.4 Å². The third kappa shape index (κ3) is 4.56. The molecule has 0 aliphatic heterocycles. The molecule has 0 fully saturated rings. The summed E-state index contributed by atoms with van der Waals surface area (Å²) in [6, 6.07) is 13.5. The molecule has 0 unspecified atom stereocenters. The van der Waals surface area contributed by atoms with E-state index in [1.807, 2.05) is 74.7 Å². The molecule has 7 heteroatoms. The summed E-state index contributed by atoms with van der Waals surface area (Å²) in [5, 5.41) is 12.7. The van der Waals surface area contributed by atoms with E-state index in [9.17, 15) is 4.79 Å². The first kappa shape index (κ1) is 20.4. The number of anilines is 1. The molecule has 0 saturated heterocycles. The predicted molar refractivity (Wildman–Crippen MR) is 116 cm³/mol. The average molecular weight is 415 g/mol. The Morgan fingerprint density at radius 3 is 2.57 bits per heavy atom. The summed E-state index contributed by atoms with van der Waals surface area (Å²) in [7, 11) is 0. The molecule has 1 atom stereocenters. The number of carbonyl (C=O) groups excluding carboxylic acids is 1. The Balaban J connectivity index is 1.76. The summed E-state index contributed by atoms with van der Waals surface area (Å²) in [5.41, 5.74) is 3.94. The zero-order chi connectivity index (χ0) is 20.3. The van der Waals surface area contributed by atoms with Crippen molar-refractivity contribution in [2.75, 3.05) is 5.32 Å². The van der Waals surface area contributed by atoms with Crippen molar-refractivity contribution >= 4 is 35.0 Å². The Morgan fingerprint density at radius 2 is 1.89 bits per heavy atom. The van der Waals surface area contributed by atoms with Gasteiger partial charge < -0.3 is 9.88 Å². The zero-order valence-electron chi connectivity index (χ0n) is 16.4. The minimum atomic E-state index is -0.313. The molecule has 1 N–H and O–H groups in total. The average Bonchev–Trinajstić information content (AvgIpc) is 3.07. The van der Waals surface area contributed by atoms with Gasteiger partial charge in [-0.1, -0.05) is 35.5 Å². The fourth-order valence-electron chi connectivity index (χ4n) is 2.79. The second kappa shape index (κ2) is 8.80. The predicted octanol–water partition coefficient (Wildman–Crippen LogP) is 5.35. The molecular formula is C21H23ClN4OS. The van der Waals surface area contributed by atoms with Crippen LogP contribution in [-0.4, -0.2) is 25.9 Å². The van der Waals surface area contributed by atoms with Gasteiger partial charge in [0.05, 0.1) is 5.25 Å². The summed E-state index contributed by atoms with van der Waals surface area (Å²) >= 11 is 7.38. The largest absolute Gasteiger partial charge is 0.325 e. The number of rotatable bonds is 6. The van der Waals surface area contributed by atoms with Crippen LogP contribution in [0.4, 0.5) is 5.69 Å². The lowest BCUT2D eigenvalue weighted by molar-refractivity contribution is -0.115. The lowest BCUT2D eigenvalue weighted by Gasteiger charge is -2.14. The van der Waals surface area contributed by atoms with Gasteiger partial charge in [0.25, 0.3) is 0 Å². The van der Waals surface area contributed by atoms with Crippen LogP contribution in [0.5, 0.6) is 0 Å². The summed E-state index contributed by atoms with van der Waals surface area (Å²) in [6.07, 6.45) is 0. The topological polar surface area (TPSA) is 59.8 Å². The number of hydrogen-bond acceptors (Lipinski definition) is 4. The van der Waals surface area contributed by atoms with Crippen molar-refractivity contribution in [3.63, 3.8) is 0 Å². The zero-order valence-corrected chi connectivity index (χ0v) is 17.9. The van der Waals surface area contributed by atoms with Crippen LogP contribution in [0.1, 0.15) is 25.0 Å². The Kier molecular flexibility index (Phi) is 6.42. The molecule has 1 aromatic heterocycles. The fourth-order valence-corrected chi connectivity index (χ4v) is 3.83. The van der Waals surface area contributed by atoms with Gasteiger partial charge in [-0.2, -0.15) is 0 Å².